The Morgan fingerprint density at radius 2 is 2.21 bits per heavy atom. The third-order valence-corrected chi connectivity index (χ3v) is 2.71. The Morgan fingerprint density at radius 1 is 1.47 bits per heavy atom. The summed E-state index contributed by atoms with van der Waals surface area (Å²) in [6.45, 7) is 5.86. The van der Waals surface area contributed by atoms with Crippen molar-refractivity contribution in [2.75, 3.05) is 6.61 Å². The number of nitrogens with one attached hydrogen (secondary N) is 1. The number of ether oxygens (including phenoxy) is 2. The lowest BCUT2D eigenvalue weighted by Gasteiger charge is -2.28. The minimum atomic E-state index is -0.541. The molecule has 1 heterocycles. The molecule has 0 saturated heterocycles. The van der Waals surface area contributed by atoms with Crippen molar-refractivity contribution < 1.29 is 18.7 Å². The van der Waals surface area contributed by atoms with Crippen molar-refractivity contribution >= 4 is 6.09 Å². The van der Waals surface area contributed by atoms with Gasteiger partial charge in [0, 0.05) is 18.1 Å². The van der Waals surface area contributed by atoms with Crippen LogP contribution in [-0.2, 0) is 4.74 Å². The number of carbonyl (C=O) groups excluding carboxylic acids is 1. The molecular formula is C14H18FNO3. The fraction of sp³-hybridized carbons (Fsp3) is 0.500. The van der Waals surface area contributed by atoms with Crippen LogP contribution in [0.15, 0.2) is 18.2 Å². The first kappa shape index (κ1) is 13.6. The molecule has 2 rings (SSSR count). The quantitative estimate of drug-likeness (QED) is 0.850. The average molecular weight is 267 g/mol. The molecule has 1 atom stereocenters. The second-order valence-electron chi connectivity index (χ2n) is 5.52. The van der Waals surface area contributed by atoms with Crippen molar-refractivity contribution in [2.24, 2.45) is 0 Å². The van der Waals surface area contributed by atoms with E-state index in [0.29, 0.717) is 18.8 Å². The third kappa shape index (κ3) is 3.59. The summed E-state index contributed by atoms with van der Waals surface area (Å²) in [5.41, 5.74) is 0.236. The highest BCUT2D eigenvalue weighted by Gasteiger charge is 2.25. The van der Waals surface area contributed by atoms with Crippen LogP contribution in [-0.4, -0.2) is 18.3 Å². The van der Waals surface area contributed by atoms with Gasteiger partial charge in [-0.05, 0) is 26.8 Å². The maximum absolute atomic E-state index is 13.1. The lowest BCUT2D eigenvalue weighted by atomic mass is 10.0. The van der Waals surface area contributed by atoms with Crippen molar-refractivity contribution in [3.05, 3.63) is 29.6 Å². The predicted molar refractivity (Wildman–Crippen MR) is 68.6 cm³/mol. The van der Waals surface area contributed by atoms with E-state index >= 15 is 0 Å². The number of halogens is 1. The molecule has 1 aliphatic rings. The van der Waals surface area contributed by atoms with Crippen LogP contribution in [0, 0.1) is 5.82 Å². The zero-order valence-corrected chi connectivity index (χ0v) is 11.3. The van der Waals surface area contributed by atoms with E-state index in [9.17, 15) is 9.18 Å². The third-order valence-electron chi connectivity index (χ3n) is 2.71. The normalized spacial score (nSPS) is 18.2. The Morgan fingerprint density at radius 3 is 2.89 bits per heavy atom. The van der Waals surface area contributed by atoms with Gasteiger partial charge in [0.2, 0.25) is 0 Å². The number of hydrogen-bond acceptors (Lipinski definition) is 3. The predicted octanol–water partition coefficient (Wildman–Crippen LogP) is 3.17. The molecule has 5 heteroatoms. The average Bonchev–Trinajstić information content (AvgIpc) is 2.26. The van der Waals surface area contributed by atoms with Gasteiger partial charge in [-0.15, -0.1) is 0 Å². The van der Waals surface area contributed by atoms with E-state index in [1.54, 1.807) is 26.8 Å². The van der Waals surface area contributed by atoms with Crippen LogP contribution in [0.4, 0.5) is 9.18 Å². The van der Waals surface area contributed by atoms with Crippen molar-refractivity contribution in [3.8, 4) is 5.75 Å². The Kier molecular flexibility index (Phi) is 3.64. The summed E-state index contributed by atoms with van der Waals surface area (Å²) in [7, 11) is 0. The first-order valence-corrected chi connectivity index (χ1v) is 6.27. The van der Waals surface area contributed by atoms with Crippen molar-refractivity contribution in [3.63, 3.8) is 0 Å². The van der Waals surface area contributed by atoms with Crippen LogP contribution < -0.4 is 10.1 Å². The summed E-state index contributed by atoms with van der Waals surface area (Å²) in [6, 6.07) is 4.11. The minimum Gasteiger partial charge on any atom is -0.493 e. The lowest BCUT2D eigenvalue weighted by molar-refractivity contribution is 0.0491. The molecule has 19 heavy (non-hydrogen) atoms. The summed E-state index contributed by atoms with van der Waals surface area (Å²) < 4.78 is 23.7. The highest BCUT2D eigenvalue weighted by Crippen LogP contribution is 2.32. The van der Waals surface area contributed by atoms with Crippen molar-refractivity contribution in [1.29, 1.82) is 0 Å². The van der Waals surface area contributed by atoms with Gasteiger partial charge in [0.05, 0.1) is 12.6 Å². The largest absolute Gasteiger partial charge is 0.493 e. The Labute approximate surface area is 111 Å². The van der Waals surface area contributed by atoms with E-state index in [4.69, 9.17) is 9.47 Å². The molecule has 0 saturated carbocycles. The minimum absolute atomic E-state index is 0.209. The summed E-state index contributed by atoms with van der Waals surface area (Å²) in [4.78, 5) is 11.8. The van der Waals surface area contributed by atoms with Gasteiger partial charge in [0.1, 0.15) is 17.2 Å². The van der Waals surface area contributed by atoms with Crippen LogP contribution in [0.1, 0.15) is 38.8 Å². The number of carbonyl (C=O) groups is 1. The first-order chi connectivity index (χ1) is 8.85. The van der Waals surface area contributed by atoms with Crippen LogP contribution >= 0.6 is 0 Å². The first-order valence-electron chi connectivity index (χ1n) is 6.27. The van der Waals surface area contributed by atoms with Crippen molar-refractivity contribution in [2.45, 2.75) is 38.8 Å². The van der Waals surface area contributed by atoms with Gasteiger partial charge in [0.25, 0.3) is 0 Å². The standard InChI is InChI=1S/C14H18FNO3/c1-14(2,3)19-13(17)16-11-6-7-18-12-8-9(15)4-5-10(11)12/h4-5,8,11H,6-7H2,1-3H3,(H,16,17). The molecule has 1 aromatic rings. The Bertz CT molecular complexity index is 482. The maximum atomic E-state index is 13.1. The van der Waals surface area contributed by atoms with Crippen LogP contribution in [0.3, 0.4) is 0 Å². The van der Waals surface area contributed by atoms with Gasteiger partial charge in [-0.1, -0.05) is 6.07 Å². The number of amides is 1. The number of alkyl carbamates (subject to hydrolysis) is 1. The number of rotatable bonds is 1. The molecule has 0 aliphatic carbocycles. The zero-order valence-electron chi connectivity index (χ0n) is 11.3. The van der Waals surface area contributed by atoms with Gasteiger partial charge in [-0.2, -0.15) is 0 Å². The molecule has 1 unspecified atom stereocenters. The van der Waals surface area contributed by atoms with Gasteiger partial charge in [-0.25, -0.2) is 9.18 Å². The molecule has 4 nitrogen and oxygen atoms in total. The van der Waals surface area contributed by atoms with Crippen molar-refractivity contribution in [1.82, 2.24) is 5.32 Å². The van der Waals surface area contributed by atoms with E-state index in [2.05, 4.69) is 5.32 Å². The highest BCUT2D eigenvalue weighted by atomic mass is 19.1. The number of fused-ring (bicyclic) bond motifs is 1. The van der Waals surface area contributed by atoms with Gasteiger partial charge >= 0.3 is 6.09 Å². The summed E-state index contributed by atoms with van der Waals surface area (Å²) in [5.74, 6) is 0.129. The van der Waals surface area contributed by atoms with Gasteiger partial charge in [0.15, 0.2) is 0 Å². The Balaban J connectivity index is 2.09. The summed E-state index contributed by atoms with van der Waals surface area (Å²) in [5, 5.41) is 2.79. The van der Waals surface area contributed by atoms with Crippen LogP contribution in [0.5, 0.6) is 5.75 Å². The van der Waals surface area contributed by atoms with E-state index < -0.39 is 11.7 Å². The second kappa shape index (κ2) is 5.07. The fourth-order valence-corrected chi connectivity index (χ4v) is 1.96. The molecule has 1 N–H and O–H groups in total. The molecule has 1 amide bonds. The summed E-state index contributed by atoms with van der Waals surface area (Å²) >= 11 is 0. The van der Waals surface area contributed by atoms with E-state index in [1.165, 1.54) is 12.1 Å². The number of hydrogen-bond donors (Lipinski definition) is 1. The fourth-order valence-electron chi connectivity index (χ4n) is 1.96. The molecule has 0 aromatic heterocycles. The van der Waals surface area contributed by atoms with Gasteiger partial charge in [-0.3, -0.25) is 0 Å². The second-order valence-corrected chi connectivity index (χ2v) is 5.52. The molecule has 0 fully saturated rings. The topological polar surface area (TPSA) is 47.6 Å². The molecular weight excluding hydrogens is 249 g/mol. The molecule has 1 aliphatic heterocycles. The zero-order chi connectivity index (χ0) is 14.0. The Hall–Kier alpha value is -1.78. The van der Waals surface area contributed by atoms with E-state index in [0.717, 1.165) is 5.56 Å². The van der Waals surface area contributed by atoms with Gasteiger partial charge < -0.3 is 14.8 Å². The molecule has 0 radical (unpaired) electrons. The molecule has 0 bridgehead atoms. The van der Waals surface area contributed by atoms with E-state index in [1.807, 2.05) is 0 Å². The molecule has 1 aromatic carbocycles. The SMILES string of the molecule is CC(C)(C)OC(=O)NC1CCOc2cc(F)ccc21. The molecule has 0 spiro atoms. The maximum Gasteiger partial charge on any atom is 0.408 e. The van der Waals surface area contributed by atoms with Crippen LogP contribution in [0.2, 0.25) is 0 Å². The molecule has 104 valence electrons. The lowest BCUT2D eigenvalue weighted by Crippen LogP contribution is -2.36. The number of benzene rings is 1. The monoisotopic (exact) mass is 267 g/mol. The smallest absolute Gasteiger partial charge is 0.408 e. The van der Waals surface area contributed by atoms with Crippen LogP contribution in [0.25, 0.3) is 0 Å². The van der Waals surface area contributed by atoms with E-state index in [-0.39, 0.29) is 11.9 Å². The highest BCUT2D eigenvalue weighted by molar-refractivity contribution is 5.68. The summed E-state index contributed by atoms with van der Waals surface area (Å²) in [6.07, 6.45) is 0.160.